The second kappa shape index (κ2) is 6.83. The molecule has 0 saturated carbocycles. The molecule has 1 aromatic heterocycles. The maximum Gasteiger partial charge on any atom is 0.319 e. The number of hydrogen-bond donors (Lipinski definition) is 3. The predicted molar refractivity (Wildman–Crippen MR) is 89.2 cm³/mol. The van der Waals surface area contributed by atoms with Crippen LogP contribution >= 0.6 is 0 Å². The molecule has 2 rings (SSSR count). The predicted octanol–water partition coefficient (Wildman–Crippen LogP) is 3.18. The Labute approximate surface area is 135 Å². The summed E-state index contributed by atoms with van der Waals surface area (Å²) in [6.07, 6.45) is 1.65. The van der Waals surface area contributed by atoms with Gasteiger partial charge in [-0.15, -0.1) is 0 Å². The highest BCUT2D eigenvalue weighted by Crippen LogP contribution is 2.22. The highest BCUT2D eigenvalue weighted by molar-refractivity contribution is 5.89. The fraction of sp³-hybridized carbons (Fsp3) is 0.412. The number of carbonyl (C=O) groups is 1. The maximum atomic E-state index is 12.0. The van der Waals surface area contributed by atoms with Crippen LogP contribution in [0.25, 0.3) is 11.5 Å². The van der Waals surface area contributed by atoms with Gasteiger partial charge in [-0.2, -0.15) is 0 Å². The van der Waals surface area contributed by atoms with E-state index in [-0.39, 0.29) is 18.5 Å². The van der Waals surface area contributed by atoms with Gasteiger partial charge in [-0.1, -0.05) is 19.9 Å². The first-order valence-corrected chi connectivity index (χ1v) is 7.58. The van der Waals surface area contributed by atoms with E-state index < -0.39 is 5.60 Å². The standard InChI is InChI=1S/C17H23N3O3/c1-11(2)17(4,22)10-19-16(21)20-14-7-5-6-13(8-14)15-18-9-12(3)23-15/h5-9,11,22H,10H2,1-4H3,(H2,19,20,21). The summed E-state index contributed by atoms with van der Waals surface area (Å²) >= 11 is 0. The van der Waals surface area contributed by atoms with E-state index in [4.69, 9.17) is 4.42 Å². The summed E-state index contributed by atoms with van der Waals surface area (Å²) in [6.45, 7) is 7.51. The van der Waals surface area contributed by atoms with Crippen LogP contribution in [0.3, 0.4) is 0 Å². The summed E-state index contributed by atoms with van der Waals surface area (Å²) < 4.78 is 5.48. The van der Waals surface area contributed by atoms with Crippen molar-refractivity contribution in [1.82, 2.24) is 10.3 Å². The molecule has 1 aromatic carbocycles. The van der Waals surface area contributed by atoms with E-state index in [2.05, 4.69) is 15.6 Å². The Morgan fingerprint density at radius 3 is 2.78 bits per heavy atom. The van der Waals surface area contributed by atoms with E-state index in [0.717, 1.165) is 11.3 Å². The zero-order valence-corrected chi connectivity index (χ0v) is 13.9. The molecule has 1 atom stereocenters. The van der Waals surface area contributed by atoms with Gasteiger partial charge in [0.2, 0.25) is 5.89 Å². The van der Waals surface area contributed by atoms with Gasteiger partial charge >= 0.3 is 6.03 Å². The van der Waals surface area contributed by atoms with Crippen LogP contribution in [0.1, 0.15) is 26.5 Å². The van der Waals surface area contributed by atoms with Crippen LogP contribution in [0.2, 0.25) is 0 Å². The lowest BCUT2D eigenvalue weighted by Gasteiger charge is -2.27. The molecule has 6 heteroatoms. The van der Waals surface area contributed by atoms with Crippen LogP contribution in [-0.2, 0) is 0 Å². The molecule has 23 heavy (non-hydrogen) atoms. The van der Waals surface area contributed by atoms with Crippen molar-refractivity contribution < 1.29 is 14.3 Å². The van der Waals surface area contributed by atoms with Crippen molar-refractivity contribution in [1.29, 1.82) is 0 Å². The lowest BCUT2D eigenvalue weighted by atomic mass is 9.93. The Balaban J connectivity index is 1.99. The number of urea groups is 1. The minimum atomic E-state index is -0.950. The van der Waals surface area contributed by atoms with Crippen LogP contribution < -0.4 is 10.6 Å². The molecule has 2 amide bonds. The second-order valence-corrected chi connectivity index (χ2v) is 6.18. The number of aliphatic hydroxyl groups is 1. The topological polar surface area (TPSA) is 87.4 Å². The van der Waals surface area contributed by atoms with E-state index in [1.54, 1.807) is 25.3 Å². The third kappa shape index (κ3) is 4.56. The van der Waals surface area contributed by atoms with Crippen molar-refractivity contribution in [2.75, 3.05) is 11.9 Å². The number of amides is 2. The van der Waals surface area contributed by atoms with E-state index in [0.29, 0.717) is 11.6 Å². The molecule has 1 heterocycles. The summed E-state index contributed by atoms with van der Waals surface area (Å²) in [5, 5.41) is 15.6. The minimum Gasteiger partial charge on any atom is -0.441 e. The molecule has 6 nitrogen and oxygen atoms in total. The number of oxazole rings is 1. The van der Waals surface area contributed by atoms with Gasteiger partial charge in [0.15, 0.2) is 0 Å². The van der Waals surface area contributed by atoms with Gasteiger partial charge in [0.1, 0.15) is 5.76 Å². The quantitative estimate of drug-likeness (QED) is 0.790. The lowest BCUT2D eigenvalue weighted by Crippen LogP contribution is -2.45. The molecular formula is C17H23N3O3. The van der Waals surface area contributed by atoms with E-state index in [1.807, 2.05) is 32.9 Å². The van der Waals surface area contributed by atoms with Gasteiger partial charge in [-0.05, 0) is 38.0 Å². The third-order valence-corrected chi connectivity index (χ3v) is 3.84. The molecule has 124 valence electrons. The first-order valence-electron chi connectivity index (χ1n) is 7.58. The number of nitrogens with zero attached hydrogens (tertiary/aromatic N) is 1. The Bertz CT molecular complexity index is 677. The number of benzene rings is 1. The smallest absolute Gasteiger partial charge is 0.319 e. The molecule has 0 aliphatic carbocycles. The Hall–Kier alpha value is -2.34. The second-order valence-electron chi connectivity index (χ2n) is 6.18. The number of carbonyl (C=O) groups excluding carboxylic acids is 1. The fourth-order valence-electron chi connectivity index (χ4n) is 1.86. The maximum absolute atomic E-state index is 12.0. The van der Waals surface area contributed by atoms with Gasteiger partial charge < -0.3 is 20.2 Å². The summed E-state index contributed by atoms with van der Waals surface area (Å²) in [4.78, 5) is 16.1. The Morgan fingerprint density at radius 1 is 1.43 bits per heavy atom. The molecule has 0 spiro atoms. The number of anilines is 1. The molecule has 0 aliphatic heterocycles. The number of nitrogens with one attached hydrogen (secondary N) is 2. The molecule has 0 radical (unpaired) electrons. The van der Waals surface area contributed by atoms with Crippen LogP contribution in [0, 0.1) is 12.8 Å². The van der Waals surface area contributed by atoms with Gasteiger partial charge in [0, 0.05) is 17.8 Å². The zero-order valence-electron chi connectivity index (χ0n) is 13.9. The van der Waals surface area contributed by atoms with Crippen molar-refractivity contribution >= 4 is 11.7 Å². The molecule has 1 unspecified atom stereocenters. The largest absolute Gasteiger partial charge is 0.441 e. The fourth-order valence-corrected chi connectivity index (χ4v) is 1.86. The van der Waals surface area contributed by atoms with E-state index in [9.17, 15) is 9.90 Å². The van der Waals surface area contributed by atoms with E-state index >= 15 is 0 Å². The van der Waals surface area contributed by atoms with Gasteiger partial charge in [-0.25, -0.2) is 9.78 Å². The van der Waals surface area contributed by atoms with Crippen LogP contribution in [0.5, 0.6) is 0 Å². The number of hydrogen-bond acceptors (Lipinski definition) is 4. The number of rotatable bonds is 5. The first-order chi connectivity index (χ1) is 10.8. The molecule has 2 aromatic rings. The molecule has 0 aliphatic rings. The van der Waals surface area contributed by atoms with E-state index in [1.165, 1.54) is 0 Å². The summed E-state index contributed by atoms with van der Waals surface area (Å²) in [5.41, 5.74) is 0.458. The molecular weight excluding hydrogens is 294 g/mol. The highest BCUT2D eigenvalue weighted by Gasteiger charge is 2.25. The lowest BCUT2D eigenvalue weighted by molar-refractivity contribution is 0.0170. The van der Waals surface area contributed by atoms with Gasteiger partial charge in [0.05, 0.1) is 11.8 Å². The van der Waals surface area contributed by atoms with Crippen LogP contribution in [0.15, 0.2) is 34.9 Å². The molecule has 3 N–H and O–H groups in total. The average molecular weight is 317 g/mol. The van der Waals surface area contributed by atoms with Crippen molar-refractivity contribution in [3.8, 4) is 11.5 Å². The molecule has 0 fully saturated rings. The van der Waals surface area contributed by atoms with Crippen molar-refractivity contribution in [2.45, 2.75) is 33.3 Å². The van der Waals surface area contributed by atoms with Crippen molar-refractivity contribution in [2.24, 2.45) is 5.92 Å². The number of aryl methyl sites for hydroxylation is 1. The Morgan fingerprint density at radius 2 is 2.17 bits per heavy atom. The summed E-state index contributed by atoms with van der Waals surface area (Å²) in [5.74, 6) is 1.28. The average Bonchev–Trinajstić information content (AvgIpc) is 2.92. The zero-order chi connectivity index (χ0) is 17.0. The monoisotopic (exact) mass is 317 g/mol. The Kier molecular flexibility index (Phi) is 5.05. The van der Waals surface area contributed by atoms with Crippen LogP contribution in [-0.4, -0.2) is 28.3 Å². The first kappa shape index (κ1) is 17.0. The van der Waals surface area contributed by atoms with Crippen molar-refractivity contribution in [3.63, 3.8) is 0 Å². The summed E-state index contributed by atoms with van der Waals surface area (Å²) in [7, 11) is 0. The minimum absolute atomic E-state index is 0.0411. The van der Waals surface area contributed by atoms with Crippen LogP contribution in [0.4, 0.5) is 10.5 Å². The van der Waals surface area contributed by atoms with Gasteiger partial charge in [-0.3, -0.25) is 0 Å². The van der Waals surface area contributed by atoms with Gasteiger partial charge in [0.25, 0.3) is 0 Å². The SMILES string of the molecule is Cc1cnc(-c2cccc(NC(=O)NCC(C)(O)C(C)C)c2)o1. The summed E-state index contributed by atoms with van der Waals surface area (Å²) in [6, 6.07) is 6.86. The molecule has 0 bridgehead atoms. The normalized spacial score (nSPS) is 13.7. The highest BCUT2D eigenvalue weighted by atomic mass is 16.4. The number of aromatic nitrogens is 1. The molecule has 0 saturated heterocycles. The van der Waals surface area contributed by atoms with Crippen molar-refractivity contribution in [3.05, 3.63) is 36.2 Å². The third-order valence-electron chi connectivity index (χ3n) is 3.84.